The third-order valence-corrected chi connectivity index (χ3v) is 6.78. The molecule has 0 radical (unpaired) electrons. The van der Waals surface area contributed by atoms with Crippen LogP contribution in [0.15, 0.2) is 46.2 Å². The molecule has 1 aromatic carbocycles. The van der Waals surface area contributed by atoms with Crippen LogP contribution >= 0.6 is 11.3 Å². The second kappa shape index (κ2) is 11.1. The summed E-state index contributed by atoms with van der Waals surface area (Å²) in [6, 6.07) is 4.73. The van der Waals surface area contributed by atoms with Crippen molar-refractivity contribution in [3.63, 3.8) is 0 Å². The molecule has 1 aliphatic rings. The first-order valence-corrected chi connectivity index (χ1v) is 13.5. The Hall–Kier alpha value is -3.73. The minimum atomic E-state index is -3.82. The van der Waals surface area contributed by atoms with Crippen molar-refractivity contribution in [3.05, 3.63) is 52.7 Å². The van der Waals surface area contributed by atoms with Crippen molar-refractivity contribution >= 4 is 39.1 Å². The van der Waals surface area contributed by atoms with Crippen LogP contribution in [0.4, 0.5) is 0 Å². The van der Waals surface area contributed by atoms with Crippen LogP contribution in [0.2, 0.25) is 0 Å². The SMILES string of the molecule is CCOC(=O)[C@H]1O[C@@H]1C(=O)N[C@@H](Cc1cscn1)C(=O)NCc1cn(-c2ccc(S(N)(=O)=O)cc2)nn1. The van der Waals surface area contributed by atoms with Crippen molar-refractivity contribution in [1.29, 1.82) is 0 Å². The molecule has 196 valence electrons. The third-order valence-electron chi connectivity index (χ3n) is 5.21. The standard InChI is InChI=1S/C21H23N7O7S2/c1-2-34-21(31)18-17(35-18)20(30)25-16(7-12-10-36-11-24-12)19(29)23-8-13-9-28(27-26-13)14-3-5-15(6-4-14)37(22,32)33/h3-6,9-11,16-18H,2,7-8H2,1H3,(H,23,29)(H,25,30)(H2,22,32,33)/t16-,17-,18-/m0/s1. The number of epoxide rings is 1. The average molecular weight is 550 g/mol. The molecule has 2 aromatic heterocycles. The number of hydrogen-bond acceptors (Lipinski definition) is 11. The highest BCUT2D eigenvalue weighted by atomic mass is 32.2. The molecule has 3 aromatic rings. The van der Waals surface area contributed by atoms with E-state index in [-0.39, 0.29) is 24.5 Å². The first-order valence-electron chi connectivity index (χ1n) is 11.0. The maximum Gasteiger partial charge on any atom is 0.338 e. The molecule has 14 nitrogen and oxygen atoms in total. The number of sulfonamides is 1. The number of benzene rings is 1. The number of nitrogens with two attached hydrogens (primary N) is 1. The minimum Gasteiger partial charge on any atom is -0.464 e. The summed E-state index contributed by atoms with van der Waals surface area (Å²) in [6.07, 6.45) is -0.328. The van der Waals surface area contributed by atoms with Crippen molar-refractivity contribution in [2.24, 2.45) is 5.14 Å². The van der Waals surface area contributed by atoms with Gasteiger partial charge >= 0.3 is 5.97 Å². The fourth-order valence-corrected chi connectivity index (χ4v) is 4.41. The Balaban J connectivity index is 1.37. The molecular weight excluding hydrogens is 526 g/mol. The van der Waals surface area contributed by atoms with Crippen LogP contribution in [-0.2, 0) is 46.8 Å². The number of amides is 2. The lowest BCUT2D eigenvalue weighted by molar-refractivity contribution is -0.144. The van der Waals surface area contributed by atoms with Gasteiger partial charge in [0.05, 0.1) is 41.1 Å². The average Bonchev–Trinajstić information content (AvgIpc) is 3.25. The fourth-order valence-electron chi connectivity index (χ4n) is 3.32. The molecule has 4 N–H and O–H groups in total. The van der Waals surface area contributed by atoms with Crippen LogP contribution < -0.4 is 15.8 Å². The van der Waals surface area contributed by atoms with E-state index in [1.54, 1.807) is 24.0 Å². The lowest BCUT2D eigenvalue weighted by atomic mass is 10.1. The number of carbonyl (C=O) groups excluding carboxylic acids is 3. The van der Waals surface area contributed by atoms with Gasteiger partial charge in [0.1, 0.15) is 11.7 Å². The summed E-state index contributed by atoms with van der Waals surface area (Å²) in [6.45, 7) is 1.81. The normalized spacial score (nSPS) is 17.6. The summed E-state index contributed by atoms with van der Waals surface area (Å²) in [5.74, 6) is -1.74. The molecule has 3 heterocycles. The highest BCUT2D eigenvalue weighted by Gasteiger charge is 2.52. The zero-order valence-corrected chi connectivity index (χ0v) is 21.1. The van der Waals surface area contributed by atoms with Gasteiger partial charge in [-0.15, -0.1) is 16.4 Å². The van der Waals surface area contributed by atoms with Crippen LogP contribution in [0.3, 0.4) is 0 Å². The van der Waals surface area contributed by atoms with Crippen molar-refractivity contribution < 1.29 is 32.3 Å². The van der Waals surface area contributed by atoms with E-state index in [9.17, 15) is 22.8 Å². The molecule has 0 unspecified atom stereocenters. The highest BCUT2D eigenvalue weighted by Crippen LogP contribution is 2.24. The molecular formula is C21H23N7O7S2. The predicted octanol–water partition coefficient (Wildman–Crippen LogP) is -0.955. The number of thiazole rings is 1. The molecule has 0 bridgehead atoms. The summed E-state index contributed by atoms with van der Waals surface area (Å²) in [5.41, 5.74) is 3.17. The van der Waals surface area contributed by atoms with Crippen molar-refractivity contribution in [2.45, 2.75) is 43.0 Å². The molecule has 1 aliphatic heterocycles. The van der Waals surface area contributed by atoms with Crippen molar-refractivity contribution in [3.8, 4) is 5.69 Å². The second-order valence-electron chi connectivity index (χ2n) is 7.89. The van der Waals surface area contributed by atoms with Crippen molar-refractivity contribution in [2.75, 3.05) is 6.61 Å². The number of carbonyl (C=O) groups is 3. The van der Waals surface area contributed by atoms with Gasteiger partial charge in [-0.2, -0.15) is 0 Å². The van der Waals surface area contributed by atoms with Gasteiger partial charge in [-0.1, -0.05) is 5.21 Å². The molecule has 0 saturated carbocycles. The molecule has 3 atom stereocenters. The Morgan fingerprint density at radius 2 is 1.97 bits per heavy atom. The Labute approximate surface area is 215 Å². The van der Waals surface area contributed by atoms with E-state index in [1.165, 1.54) is 40.3 Å². The molecule has 16 heteroatoms. The van der Waals surface area contributed by atoms with E-state index in [2.05, 4.69) is 25.9 Å². The Bertz CT molecular complexity index is 1370. The first-order chi connectivity index (χ1) is 17.7. The number of nitrogens with zero attached hydrogens (tertiary/aromatic N) is 4. The lowest BCUT2D eigenvalue weighted by Crippen LogP contribution is -2.49. The van der Waals surface area contributed by atoms with Gasteiger partial charge in [0.2, 0.25) is 15.9 Å². The van der Waals surface area contributed by atoms with Crippen LogP contribution in [0.1, 0.15) is 18.3 Å². The topological polar surface area (TPSA) is 201 Å². The van der Waals surface area contributed by atoms with Gasteiger partial charge in [-0.3, -0.25) is 9.59 Å². The lowest BCUT2D eigenvalue weighted by Gasteiger charge is -2.17. The quantitative estimate of drug-likeness (QED) is 0.198. The summed E-state index contributed by atoms with van der Waals surface area (Å²) in [4.78, 5) is 41.4. The van der Waals surface area contributed by atoms with Gasteiger partial charge < -0.3 is 20.1 Å². The van der Waals surface area contributed by atoms with E-state index in [0.29, 0.717) is 17.1 Å². The van der Waals surface area contributed by atoms with Crippen LogP contribution in [0.5, 0.6) is 0 Å². The minimum absolute atomic E-state index is 0.00289. The highest BCUT2D eigenvalue weighted by molar-refractivity contribution is 7.89. The number of nitrogens with one attached hydrogen (secondary N) is 2. The number of primary sulfonamides is 1. The van der Waals surface area contributed by atoms with Gasteiger partial charge in [-0.25, -0.2) is 28.0 Å². The Kier molecular flexibility index (Phi) is 7.91. The zero-order chi connectivity index (χ0) is 26.6. The number of ether oxygens (including phenoxy) is 2. The summed E-state index contributed by atoms with van der Waals surface area (Å²) in [7, 11) is -3.82. The van der Waals surface area contributed by atoms with E-state index in [4.69, 9.17) is 14.6 Å². The maximum absolute atomic E-state index is 12.9. The number of esters is 1. The van der Waals surface area contributed by atoms with E-state index < -0.39 is 46.1 Å². The third kappa shape index (κ3) is 6.73. The molecule has 0 aliphatic carbocycles. The van der Waals surface area contributed by atoms with Crippen LogP contribution in [0, 0.1) is 0 Å². The fraction of sp³-hybridized carbons (Fsp3) is 0.333. The van der Waals surface area contributed by atoms with Crippen molar-refractivity contribution in [1.82, 2.24) is 30.6 Å². The number of hydrogen-bond donors (Lipinski definition) is 3. The van der Waals surface area contributed by atoms with Gasteiger partial charge in [0, 0.05) is 11.8 Å². The Morgan fingerprint density at radius 1 is 1.22 bits per heavy atom. The molecule has 0 spiro atoms. The van der Waals surface area contributed by atoms with Gasteiger partial charge in [-0.05, 0) is 31.2 Å². The van der Waals surface area contributed by atoms with Gasteiger partial charge in [0.15, 0.2) is 12.2 Å². The van der Waals surface area contributed by atoms with E-state index in [1.807, 2.05) is 0 Å². The summed E-state index contributed by atoms with van der Waals surface area (Å²) in [5, 5.41) is 20.2. The van der Waals surface area contributed by atoms with E-state index >= 15 is 0 Å². The molecule has 4 rings (SSSR count). The summed E-state index contributed by atoms with van der Waals surface area (Å²) >= 11 is 1.35. The zero-order valence-electron chi connectivity index (χ0n) is 19.4. The second-order valence-corrected chi connectivity index (χ2v) is 10.2. The monoisotopic (exact) mass is 549 g/mol. The molecule has 1 fully saturated rings. The predicted molar refractivity (Wildman–Crippen MR) is 128 cm³/mol. The molecule has 2 amide bonds. The van der Waals surface area contributed by atoms with Gasteiger partial charge in [0.25, 0.3) is 5.91 Å². The van der Waals surface area contributed by atoms with Crippen LogP contribution in [-0.4, -0.2) is 71.0 Å². The smallest absolute Gasteiger partial charge is 0.338 e. The summed E-state index contributed by atoms with van der Waals surface area (Å²) < 4.78 is 34.2. The molecule has 37 heavy (non-hydrogen) atoms. The number of aromatic nitrogens is 4. The maximum atomic E-state index is 12.9. The Morgan fingerprint density at radius 3 is 2.62 bits per heavy atom. The van der Waals surface area contributed by atoms with Crippen LogP contribution in [0.25, 0.3) is 5.69 Å². The number of rotatable bonds is 11. The van der Waals surface area contributed by atoms with E-state index in [0.717, 1.165) is 0 Å². The first kappa shape index (κ1) is 26.3. The molecule has 1 saturated heterocycles. The largest absolute Gasteiger partial charge is 0.464 e.